The predicted octanol–water partition coefficient (Wildman–Crippen LogP) is 1.13. The van der Waals surface area contributed by atoms with Crippen LogP contribution in [-0.2, 0) is 9.84 Å². The average molecular weight is 276 g/mol. The maximum absolute atomic E-state index is 11.3. The summed E-state index contributed by atoms with van der Waals surface area (Å²) in [7, 11) is -2.88. The Morgan fingerprint density at radius 3 is 2.50 bits per heavy atom. The molecule has 0 bridgehead atoms. The highest BCUT2D eigenvalue weighted by Crippen LogP contribution is 2.22. The lowest BCUT2D eigenvalue weighted by Gasteiger charge is -2.47. The first-order valence-electron chi connectivity index (χ1n) is 6.83. The first-order valence-corrected chi connectivity index (χ1v) is 8.90. The van der Waals surface area contributed by atoms with Crippen molar-refractivity contribution in [3.05, 3.63) is 0 Å². The molecule has 2 unspecified atom stereocenters. The molecule has 4 nitrogen and oxygen atoms in total. The molecule has 1 saturated heterocycles. The minimum absolute atomic E-state index is 0.114. The molecule has 0 amide bonds. The van der Waals surface area contributed by atoms with Gasteiger partial charge in [-0.1, -0.05) is 20.8 Å². The largest absolute Gasteiger partial charge is 0.309 e. The second-order valence-corrected chi connectivity index (χ2v) is 8.47. The molecule has 0 saturated carbocycles. The van der Waals surface area contributed by atoms with E-state index in [0.29, 0.717) is 18.5 Å². The number of rotatable bonds is 5. The van der Waals surface area contributed by atoms with E-state index >= 15 is 0 Å². The Labute approximate surface area is 112 Å². The number of nitrogens with zero attached hydrogens (tertiary/aromatic N) is 1. The molecule has 0 radical (unpaired) electrons. The van der Waals surface area contributed by atoms with Crippen molar-refractivity contribution in [1.29, 1.82) is 0 Å². The summed E-state index contributed by atoms with van der Waals surface area (Å²) in [4.78, 5) is 2.35. The van der Waals surface area contributed by atoms with Crippen LogP contribution >= 0.6 is 0 Å². The molecule has 1 rings (SSSR count). The van der Waals surface area contributed by atoms with Gasteiger partial charge in [-0.15, -0.1) is 0 Å². The van der Waals surface area contributed by atoms with E-state index in [9.17, 15) is 8.42 Å². The zero-order chi connectivity index (χ0) is 14.0. The molecule has 1 N–H and O–H groups in total. The van der Waals surface area contributed by atoms with Gasteiger partial charge in [0.25, 0.3) is 0 Å². The van der Waals surface area contributed by atoms with Crippen LogP contribution in [0, 0.1) is 5.92 Å². The van der Waals surface area contributed by atoms with Gasteiger partial charge < -0.3 is 5.32 Å². The van der Waals surface area contributed by atoms with Gasteiger partial charge in [0.15, 0.2) is 0 Å². The highest BCUT2D eigenvalue weighted by atomic mass is 32.2. The second-order valence-electron chi connectivity index (χ2n) is 6.21. The standard InChI is InChI=1S/C13H28N2O2S/c1-6-13(4)10-15(7-8-18(5,16)17)12(9-14-13)11(2)3/h11-12,14H,6-10H2,1-5H3. The van der Waals surface area contributed by atoms with Gasteiger partial charge in [-0.2, -0.15) is 0 Å². The SMILES string of the molecule is CCC1(C)CN(CCS(C)(=O)=O)C(C(C)C)CN1. The molecule has 1 fully saturated rings. The van der Waals surface area contributed by atoms with Gasteiger partial charge in [0, 0.05) is 37.5 Å². The zero-order valence-corrected chi connectivity index (χ0v) is 13.2. The van der Waals surface area contributed by atoms with Crippen LogP contribution in [-0.4, -0.2) is 56.5 Å². The lowest BCUT2D eigenvalue weighted by atomic mass is 9.90. The van der Waals surface area contributed by atoms with Gasteiger partial charge in [0.05, 0.1) is 5.75 Å². The Bertz CT molecular complexity index is 367. The quantitative estimate of drug-likeness (QED) is 0.818. The molecule has 5 heteroatoms. The van der Waals surface area contributed by atoms with Crippen molar-refractivity contribution >= 4 is 9.84 Å². The molecule has 0 aliphatic carbocycles. The van der Waals surface area contributed by atoms with E-state index in [4.69, 9.17) is 0 Å². The highest BCUT2D eigenvalue weighted by molar-refractivity contribution is 7.90. The third-order valence-electron chi connectivity index (χ3n) is 4.06. The van der Waals surface area contributed by atoms with Crippen molar-refractivity contribution in [3.8, 4) is 0 Å². The van der Waals surface area contributed by atoms with Crippen LogP contribution in [0.25, 0.3) is 0 Å². The van der Waals surface area contributed by atoms with Crippen molar-refractivity contribution in [3.63, 3.8) is 0 Å². The lowest BCUT2D eigenvalue weighted by molar-refractivity contribution is 0.0658. The summed E-state index contributed by atoms with van der Waals surface area (Å²) < 4.78 is 22.7. The molecule has 18 heavy (non-hydrogen) atoms. The van der Waals surface area contributed by atoms with Crippen LogP contribution in [0.5, 0.6) is 0 Å². The smallest absolute Gasteiger partial charge is 0.148 e. The summed E-state index contributed by atoms with van der Waals surface area (Å²) in [5.41, 5.74) is 0.114. The molecule has 0 aromatic rings. The van der Waals surface area contributed by atoms with Gasteiger partial charge >= 0.3 is 0 Å². The monoisotopic (exact) mass is 276 g/mol. The van der Waals surface area contributed by atoms with E-state index < -0.39 is 9.84 Å². The summed E-state index contributed by atoms with van der Waals surface area (Å²) in [6.45, 7) is 11.3. The first-order chi connectivity index (χ1) is 8.17. The van der Waals surface area contributed by atoms with Crippen LogP contribution in [0.15, 0.2) is 0 Å². The van der Waals surface area contributed by atoms with E-state index in [-0.39, 0.29) is 11.3 Å². The fraction of sp³-hybridized carbons (Fsp3) is 1.00. The van der Waals surface area contributed by atoms with Crippen LogP contribution in [0.4, 0.5) is 0 Å². The molecular formula is C13H28N2O2S. The second kappa shape index (κ2) is 5.88. The molecular weight excluding hydrogens is 248 g/mol. The maximum atomic E-state index is 11.3. The Hall–Kier alpha value is -0.130. The minimum atomic E-state index is -2.88. The van der Waals surface area contributed by atoms with Crippen LogP contribution in [0.2, 0.25) is 0 Å². The number of hydrogen-bond donors (Lipinski definition) is 1. The average Bonchev–Trinajstić information content (AvgIpc) is 2.25. The molecule has 1 aliphatic rings. The molecule has 1 aliphatic heterocycles. The van der Waals surface area contributed by atoms with Gasteiger partial charge in [-0.05, 0) is 19.3 Å². The summed E-state index contributed by atoms with van der Waals surface area (Å²) in [5.74, 6) is 0.800. The normalized spacial score (nSPS) is 30.9. The van der Waals surface area contributed by atoms with E-state index in [1.165, 1.54) is 6.26 Å². The summed E-state index contributed by atoms with van der Waals surface area (Å²) in [5, 5.41) is 3.61. The first kappa shape index (κ1) is 15.9. The van der Waals surface area contributed by atoms with E-state index in [2.05, 4.69) is 37.9 Å². The summed E-state index contributed by atoms with van der Waals surface area (Å²) in [6.07, 6.45) is 2.38. The fourth-order valence-electron chi connectivity index (χ4n) is 2.52. The highest BCUT2D eigenvalue weighted by Gasteiger charge is 2.35. The van der Waals surface area contributed by atoms with Crippen molar-refractivity contribution in [2.24, 2.45) is 5.92 Å². The Balaban J connectivity index is 2.72. The number of piperazine rings is 1. The van der Waals surface area contributed by atoms with Crippen LogP contribution in [0.1, 0.15) is 34.1 Å². The van der Waals surface area contributed by atoms with Crippen molar-refractivity contribution < 1.29 is 8.42 Å². The molecule has 0 spiro atoms. The van der Waals surface area contributed by atoms with Gasteiger partial charge in [0.1, 0.15) is 9.84 Å². The van der Waals surface area contributed by atoms with E-state index in [0.717, 1.165) is 19.5 Å². The van der Waals surface area contributed by atoms with Crippen molar-refractivity contribution in [2.75, 3.05) is 31.6 Å². The Morgan fingerprint density at radius 2 is 2.06 bits per heavy atom. The number of sulfone groups is 1. The molecule has 1 heterocycles. The van der Waals surface area contributed by atoms with E-state index in [1.807, 2.05) is 0 Å². The van der Waals surface area contributed by atoms with Crippen LogP contribution in [0.3, 0.4) is 0 Å². The summed E-state index contributed by atoms with van der Waals surface area (Å²) in [6, 6.07) is 0.436. The zero-order valence-electron chi connectivity index (χ0n) is 12.4. The third kappa shape index (κ3) is 4.52. The van der Waals surface area contributed by atoms with E-state index in [1.54, 1.807) is 0 Å². The molecule has 0 aromatic carbocycles. The van der Waals surface area contributed by atoms with Crippen molar-refractivity contribution in [1.82, 2.24) is 10.2 Å². The molecule has 108 valence electrons. The topological polar surface area (TPSA) is 49.4 Å². The molecule has 2 atom stereocenters. The maximum Gasteiger partial charge on any atom is 0.148 e. The minimum Gasteiger partial charge on any atom is -0.309 e. The Morgan fingerprint density at radius 1 is 1.44 bits per heavy atom. The lowest BCUT2D eigenvalue weighted by Crippen LogP contribution is -2.64. The summed E-state index contributed by atoms with van der Waals surface area (Å²) >= 11 is 0. The van der Waals surface area contributed by atoms with Crippen LogP contribution < -0.4 is 5.32 Å². The van der Waals surface area contributed by atoms with Gasteiger partial charge in [-0.3, -0.25) is 4.90 Å². The number of nitrogens with one attached hydrogen (secondary N) is 1. The van der Waals surface area contributed by atoms with Crippen molar-refractivity contribution in [2.45, 2.75) is 45.7 Å². The predicted molar refractivity (Wildman–Crippen MR) is 76.6 cm³/mol. The fourth-order valence-corrected chi connectivity index (χ4v) is 3.09. The van der Waals surface area contributed by atoms with Gasteiger partial charge in [0.2, 0.25) is 0 Å². The molecule has 0 aromatic heterocycles. The number of hydrogen-bond acceptors (Lipinski definition) is 4. The Kier molecular flexibility index (Phi) is 5.21. The third-order valence-corrected chi connectivity index (χ3v) is 4.98. The van der Waals surface area contributed by atoms with Gasteiger partial charge in [-0.25, -0.2) is 8.42 Å².